The highest BCUT2D eigenvalue weighted by atomic mass is 16.7. The van der Waals surface area contributed by atoms with Crippen LogP contribution in [0.5, 0.6) is 11.5 Å². The molecule has 27 heavy (non-hydrogen) atoms. The van der Waals surface area contributed by atoms with Crippen LogP contribution in [0.2, 0.25) is 0 Å². The molecule has 0 bridgehead atoms. The summed E-state index contributed by atoms with van der Waals surface area (Å²) in [5, 5.41) is 0. The van der Waals surface area contributed by atoms with Crippen molar-refractivity contribution < 1.29 is 33.3 Å². The molecule has 7 heteroatoms. The predicted molar refractivity (Wildman–Crippen MR) is 93.3 cm³/mol. The van der Waals surface area contributed by atoms with Crippen LogP contribution >= 0.6 is 0 Å². The summed E-state index contributed by atoms with van der Waals surface area (Å²) in [4.78, 5) is 38.1. The Kier molecular flexibility index (Phi) is 4.17. The number of rotatable bonds is 4. The van der Waals surface area contributed by atoms with E-state index in [4.69, 9.17) is 18.9 Å². The van der Waals surface area contributed by atoms with Gasteiger partial charge in [0.2, 0.25) is 6.79 Å². The summed E-state index contributed by atoms with van der Waals surface area (Å²) in [7, 11) is 0. The van der Waals surface area contributed by atoms with Crippen molar-refractivity contribution in [2.24, 2.45) is 11.3 Å². The summed E-state index contributed by atoms with van der Waals surface area (Å²) in [6, 6.07) is 3.42. The Morgan fingerprint density at radius 3 is 2.26 bits per heavy atom. The highest BCUT2D eigenvalue weighted by molar-refractivity contribution is 6.10. The molecule has 2 aliphatic carbocycles. The summed E-state index contributed by atoms with van der Waals surface area (Å²) in [6.07, 6.45) is 2.01. The highest BCUT2D eigenvalue weighted by Gasteiger charge is 2.55. The molecule has 0 spiro atoms. The number of hydrogen-bond acceptors (Lipinski definition) is 7. The number of esters is 2. The second kappa shape index (κ2) is 6.40. The zero-order chi connectivity index (χ0) is 19.2. The van der Waals surface area contributed by atoms with Crippen LogP contribution in [0.3, 0.4) is 0 Å². The van der Waals surface area contributed by atoms with E-state index in [-0.39, 0.29) is 44.5 Å². The first-order valence-electron chi connectivity index (χ1n) is 9.04. The van der Waals surface area contributed by atoms with Gasteiger partial charge < -0.3 is 18.9 Å². The largest absolute Gasteiger partial charge is 0.465 e. The molecule has 7 nitrogen and oxygen atoms in total. The van der Waals surface area contributed by atoms with E-state index in [1.54, 1.807) is 32.1 Å². The van der Waals surface area contributed by atoms with E-state index in [9.17, 15) is 14.4 Å². The monoisotopic (exact) mass is 372 g/mol. The molecule has 1 atom stereocenters. The summed E-state index contributed by atoms with van der Waals surface area (Å²) in [6.45, 7) is 3.78. The summed E-state index contributed by atoms with van der Waals surface area (Å²) in [5.74, 6) is -0.498. The van der Waals surface area contributed by atoms with Crippen LogP contribution in [0.4, 0.5) is 0 Å². The molecule has 0 saturated heterocycles. The van der Waals surface area contributed by atoms with Gasteiger partial charge in [0.25, 0.3) is 0 Å². The van der Waals surface area contributed by atoms with Gasteiger partial charge in [-0.3, -0.25) is 14.4 Å². The third-order valence-corrected chi connectivity index (χ3v) is 5.25. The van der Waals surface area contributed by atoms with Gasteiger partial charge in [0, 0.05) is 12.0 Å². The van der Waals surface area contributed by atoms with Gasteiger partial charge in [-0.2, -0.15) is 0 Å². The van der Waals surface area contributed by atoms with E-state index >= 15 is 0 Å². The maximum Gasteiger partial charge on any atom is 0.327 e. The molecule has 0 radical (unpaired) electrons. The Labute approximate surface area is 156 Å². The van der Waals surface area contributed by atoms with Crippen LogP contribution in [0.15, 0.2) is 18.2 Å². The topological polar surface area (TPSA) is 88.1 Å². The Morgan fingerprint density at radius 1 is 1.07 bits per heavy atom. The SMILES string of the molecule is CCOC(=O)C1(C(=O)OCC)C=C2c3cc4c(cc3C(=O)CC2C1)OCO4. The Hall–Kier alpha value is -2.83. The lowest BCUT2D eigenvalue weighted by atomic mass is 9.78. The van der Waals surface area contributed by atoms with Crippen LogP contribution in [0, 0.1) is 11.3 Å². The Morgan fingerprint density at radius 2 is 1.67 bits per heavy atom. The molecule has 1 aliphatic heterocycles. The van der Waals surface area contributed by atoms with E-state index in [2.05, 4.69) is 0 Å². The third kappa shape index (κ3) is 2.60. The molecule has 0 N–H and O–H groups in total. The van der Waals surface area contributed by atoms with Crippen LogP contribution in [-0.4, -0.2) is 37.7 Å². The molecule has 142 valence electrons. The lowest BCUT2D eigenvalue weighted by Gasteiger charge is -2.25. The average Bonchev–Trinajstić information content (AvgIpc) is 3.25. The first kappa shape index (κ1) is 17.6. The number of hydrogen-bond donors (Lipinski definition) is 0. The number of Topliss-reactive ketones (excluding diaryl/α,β-unsaturated/α-hetero) is 1. The van der Waals surface area contributed by atoms with E-state index in [1.165, 1.54) is 0 Å². The van der Waals surface area contributed by atoms with E-state index < -0.39 is 17.4 Å². The third-order valence-electron chi connectivity index (χ3n) is 5.25. The van der Waals surface area contributed by atoms with Gasteiger partial charge in [-0.15, -0.1) is 0 Å². The fourth-order valence-electron chi connectivity index (χ4n) is 4.05. The number of benzene rings is 1. The molecular weight excluding hydrogens is 352 g/mol. The van der Waals surface area contributed by atoms with Crippen molar-refractivity contribution in [1.82, 2.24) is 0 Å². The smallest absolute Gasteiger partial charge is 0.327 e. The minimum atomic E-state index is -1.52. The minimum absolute atomic E-state index is 0.0473. The van der Waals surface area contributed by atoms with Crippen molar-refractivity contribution in [3.63, 3.8) is 0 Å². The highest BCUT2D eigenvalue weighted by Crippen LogP contribution is 2.52. The van der Waals surface area contributed by atoms with Crippen LogP contribution in [0.25, 0.3) is 5.57 Å². The van der Waals surface area contributed by atoms with Crippen molar-refractivity contribution >= 4 is 23.3 Å². The average molecular weight is 372 g/mol. The number of carbonyl (C=O) groups excluding carboxylic acids is 3. The molecule has 1 aromatic carbocycles. The van der Waals surface area contributed by atoms with Gasteiger partial charge in [0.05, 0.1) is 13.2 Å². The van der Waals surface area contributed by atoms with Crippen LogP contribution in [0.1, 0.15) is 42.6 Å². The van der Waals surface area contributed by atoms with Gasteiger partial charge in [0.1, 0.15) is 0 Å². The maximum absolute atomic E-state index is 12.7. The zero-order valence-corrected chi connectivity index (χ0v) is 15.2. The quantitative estimate of drug-likeness (QED) is 0.593. The number of carbonyl (C=O) groups is 3. The molecule has 0 saturated carbocycles. The fourth-order valence-corrected chi connectivity index (χ4v) is 4.05. The molecule has 1 aromatic rings. The lowest BCUT2D eigenvalue weighted by Crippen LogP contribution is -2.39. The maximum atomic E-state index is 12.7. The zero-order valence-electron chi connectivity index (χ0n) is 15.2. The molecule has 0 amide bonds. The molecular formula is C20H20O7. The number of ketones is 1. The standard InChI is InChI=1S/C20H20O7/c1-3-24-18(22)20(19(23)25-4-2)8-11-5-15(21)13-7-17-16(26-10-27-17)6-12(13)14(11)9-20/h6-7,9,11H,3-5,8,10H2,1-2H3. The summed E-state index contributed by atoms with van der Waals surface area (Å²) in [5.41, 5.74) is 0.454. The summed E-state index contributed by atoms with van der Waals surface area (Å²) < 4.78 is 21.1. The second-order valence-corrected chi connectivity index (χ2v) is 6.79. The first-order valence-corrected chi connectivity index (χ1v) is 9.04. The normalized spacial score (nSPS) is 21.2. The number of fused-ring (bicyclic) bond motifs is 4. The van der Waals surface area contributed by atoms with Crippen LogP contribution < -0.4 is 9.47 Å². The van der Waals surface area contributed by atoms with Gasteiger partial charge in [-0.05, 0) is 49.5 Å². The van der Waals surface area contributed by atoms with Crippen molar-refractivity contribution in [1.29, 1.82) is 0 Å². The first-order chi connectivity index (χ1) is 13.0. The second-order valence-electron chi connectivity index (χ2n) is 6.79. The van der Waals surface area contributed by atoms with Crippen molar-refractivity contribution in [3.05, 3.63) is 29.3 Å². The van der Waals surface area contributed by atoms with Crippen molar-refractivity contribution in [3.8, 4) is 11.5 Å². The van der Waals surface area contributed by atoms with E-state index in [0.717, 1.165) is 5.57 Å². The minimum Gasteiger partial charge on any atom is -0.465 e. The van der Waals surface area contributed by atoms with E-state index in [1.807, 2.05) is 0 Å². The molecule has 1 unspecified atom stereocenters. The molecule has 0 aromatic heterocycles. The lowest BCUT2D eigenvalue weighted by molar-refractivity contribution is -0.168. The Balaban J connectivity index is 1.83. The van der Waals surface area contributed by atoms with Gasteiger partial charge >= 0.3 is 11.9 Å². The van der Waals surface area contributed by atoms with Gasteiger partial charge in [0.15, 0.2) is 22.7 Å². The number of ether oxygens (including phenoxy) is 4. The fraction of sp³-hybridized carbons (Fsp3) is 0.450. The summed E-state index contributed by atoms with van der Waals surface area (Å²) >= 11 is 0. The van der Waals surface area contributed by atoms with Crippen molar-refractivity contribution in [2.75, 3.05) is 20.0 Å². The van der Waals surface area contributed by atoms with Crippen LogP contribution in [-0.2, 0) is 19.1 Å². The van der Waals surface area contributed by atoms with Crippen molar-refractivity contribution in [2.45, 2.75) is 26.7 Å². The molecule has 0 fully saturated rings. The van der Waals surface area contributed by atoms with Gasteiger partial charge in [-0.25, -0.2) is 0 Å². The molecule has 3 aliphatic rings. The Bertz CT molecular complexity index is 849. The predicted octanol–water partition coefficient (Wildman–Crippen LogP) is 2.52. The molecule has 1 heterocycles. The number of allylic oxidation sites excluding steroid dienone is 1. The van der Waals surface area contributed by atoms with Gasteiger partial charge in [-0.1, -0.05) is 6.08 Å². The molecule has 4 rings (SSSR count). The van der Waals surface area contributed by atoms with E-state index in [0.29, 0.717) is 22.6 Å².